The number of halogens is 1. The van der Waals surface area contributed by atoms with Gasteiger partial charge < -0.3 is 10.1 Å². The zero-order valence-corrected chi connectivity index (χ0v) is 18.7. The molecule has 1 N–H and O–H groups in total. The third-order valence-electron chi connectivity index (χ3n) is 4.57. The van der Waals surface area contributed by atoms with E-state index in [-0.39, 0.29) is 18.0 Å². The Morgan fingerprint density at radius 1 is 1.16 bits per heavy atom. The molecule has 0 radical (unpaired) electrons. The first kappa shape index (κ1) is 22.7. The highest BCUT2D eigenvalue weighted by atomic mass is 35.5. The summed E-state index contributed by atoms with van der Waals surface area (Å²) >= 11 is 6.11. The number of benzene rings is 2. The van der Waals surface area contributed by atoms with Crippen LogP contribution in [0, 0.1) is 6.92 Å². The topological polar surface area (TPSA) is 88.6 Å². The summed E-state index contributed by atoms with van der Waals surface area (Å²) in [7, 11) is -2.41. The number of rotatable bonds is 8. The van der Waals surface area contributed by atoms with Crippen molar-refractivity contribution in [2.75, 3.05) is 19.0 Å². The van der Waals surface area contributed by atoms with Crippen molar-refractivity contribution in [3.8, 4) is 5.75 Å². The van der Waals surface area contributed by atoms with Gasteiger partial charge in [-0.1, -0.05) is 29.8 Å². The van der Waals surface area contributed by atoms with Gasteiger partial charge in [-0.2, -0.15) is 4.31 Å². The molecule has 0 aliphatic heterocycles. The van der Waals surface area contributed by atoms with Gasteiger partial charge >= 0.3 is 0 Å². The number of amides is 1. The van der Waals surface area contributed by atoms with Crippen molar-refractivity contribution in [1.29, 1.82) is 0 Å². The molecule has 9 heteroatoms. The largest absolute Gasteiger partial charge is 0.497 e. The molecule has 0 aliphatic carbocycles. The van der Waals surface area contributed by atoms with Gasteiger partial charge in [0.25, 0.3) is 0 Å². The number of carbonyl (C=O) groups excluding carboxylic acids is 1. The van der Waals surface area contributed by atoms with Crippen LogP contribution in [0.4, 0.5) is 5.69 Å². The molecule has 162 valence electrons. The van der Waals surface area contributed by atoms with Gasteiger partial charge in [0.05, 0.1) is 13.7 Å². The summed E-state index contributed by atoms with van der Waals surface area (Å²) in [6.45, 7) is 1.48. The lowest BCUT2D eigenvalue weighted by molar-refractivity contribution is -0.116. The van der Waals surface area contributed by atoms with E-state index in [4.69, 9.17) is 16.3 Å². The lowest BCUT2D eigenvalue weighted by Crippen LogP contribution is -2.37. The summed E-state index contributed by atoms with van der Waals surface area (Å²) in [5.41, 5.74) is 2.07. The molecule has 31 heavy (non-hydrogen) atoms. The number of hydrogen-bond acceptors (Lipinski definition) is 5. The zero-order chi connectivity index (χ0) is 22.4. The van der Waals surface area contributed by atoms with Crippen molar-refractivity contribution in [2.45, 2.75) is 18.4 Å². The van der Waals surface area contributed by atoms with Crippen LogP contribution < -0.4 is 10.1 Å². The first-order chi connectivity index (χ1) is 14.8. The smallest absolute Gasteiger partial charge is 0.245 e. The number of carbonyl (C=O) groups is 1. The van der Waals surface area contributed by atoms with Crippen LogP contribution >= 0.6 is 11.6 Å². The molecule has 0 fully saturated rings. The molecule has 3 rings (SSSR count). The van der Waals surface area contributed by atoms with E-state index < -0.39 is 15.9 Å². The van der Waals surface area contributed by atoms with Gasteiger partial charge in [-0.25, -0.2) is 8.42 Å². The second-order valence-electron chi connectivity index (χ2n) is 6.82. The number of anilines is 1. The molecule has 0 saturated carbocycles. The van der Waals surface area contributed by atoms with Gasteiger partial charge in [-0.3, -0.25) is 9.78 Å². The first-order valence-corrected chi connectivity index (χ1v) is 11.2. The van der Waals surface area contributed by atoms with Gasteiger partial charge in [-0.05, 0) is 54.4 Å². The number of nitrogens with zero attached hydrogens (tertiary/aromatic N) is 2. The second-order valence-corrected chi connectivity index (χ2v) is 9.17. The van der Waals surface area contributed by atoms with E-state index in [2.05, 4.69) is 10.3 Å². The molecular formula is C22H22ClN3O4S. The van der Waals surface area contributed by atoms with Crippen LogP contribution in [0.3, 0.4) is 0 Å². The molecule has 1 amide bonds. The van der Waals surface area contributed by atoms with E-state index in [1.807, 2.05) is 6.92 Å². The van der Waals surface area contributed by atoms with Gasteiger partial charge in [0.1, 0.15) is 10.6 Å². The van der Waals surface area contributed by atoms with Crippen molar-refractivity contribution < 1.29 is 17.9 Å². The fourth-order valence-corrected chi connectivity index (χ4v) is 4.37. The zero-order valence-electron chi connectivity index (χ0n) is 17.1. The molecule has 2 aromatic carbocycles. The summed E-state index contributed by atoms with van der Waals surface area (Å²) in [6.07, 6.45) is 2.74. The highest BCUT2D eigenvalue weighted by Crippen LogP contribution is 2.22. The van der Waals surface area contributed by atoms with Gasteiger partial charge in [-0.15, -0.1) is 0 Å². The predicted octanol–water partition coefficient (Wildman–Crippen LogP) is 3.88. The molecule has 0 aliphatic rings. The Bertz CT molecular complexity index is 1150. The maximum atomic E-state index is 13.2. The fraction of sp³-hybridized carbons (Fsp3) is 0.182. The van der Waals surface area contributed by atoms with Gasteiger partial charge in [0, 0.05) is 29.6 Å². The number of nitrogens with one attached hydrogen (secondary N) is 1. The minimum absolute atomic E-state index is 0.00327. The number of aryl methyl sites for hydroxylation is 1. The van der Waals surface area contributed by atoms with Gasteiger partial charge in [0.15, 0.2) is 0 Å². The summed E-state index contributed by atoms with van der Waals surface area (Å²) in [6, 6.07) is 15.1. The Balaban J connectivity index is 1.85. The highest BCUT2D eigenvalue weighted by Gasteiger charge is 2.27. The maximum Gasteiger partial charge on any atom is 0.245 e. The Labute approximate surface area is 186 Å². The second kappa shape index (κ2) is 9.91. The molecule has 0 atom stereocenters. The summed E-state index contributed by atoms with van der Waals surface area (Å²) < 4.78 is 32.7. The first-order valence-electron chi connectivity index (χ1n) is 9.38. The van der Waals surface area contributed by atoms with Crippen molar-refractivity contribution in [3.63, 3.8) is 0 Å². The van der Waals surface area contributed by atoms with E-state index in [0.717, 1.165) is 9.87 Å². The van der Waals surface area contributed by atoms with Crippen LogP contribution in [0.25, 0.3) is 0 Å². The number of pyridine rings is 1. The van der Waals surface area contributed by atoms with Crippen LogP contribution in [-0.2, 0) is 21.4 Å². The quantitative estimate of drug-likeness (QED) is 0.552. The van der Waals surface area contributed by atoms with Crippen LogP contribution in [-0.4, -0.2) is 37.3 Å². The minimum atomic E-state index is -3.96. The minimum Gasteiger partial charge on any atom is -0.497 e. The molecule has 7 nitrogen and oxygen atoms in total. The van der Waals surface area contributed by atoms with E-state index in [0.29, 0.717) is 22.0 Å². The summed E-state index contributed by atoms with van der Waals surface area (Å²) in [5.74, 6) is 0.167. The van der Waals surface area contributed by atoms with Crippen LogP contribution in [0.5, 0.6) is 5.75 Å². The molecule has 0 unspecified atom stereocenters. The van der Waals surface area contributed by atoms with E-state index >= 15 is 0 Å². The SMILES string of the molecule is COc1ccc(CN(CC(=O)Nc2ccc(C)c(Cl)c2)S(=O)(=O)c2cccnc2)cc1. The Morgan fingerprint density at radius 2 is 1.90 bits per heavy atom. The Kier molecular flexibility index (Phi) is 7.27. The monoisotopic (exact) mass is 459 g/mol. The molecule has 0 bridgehead atoms. The number of methoxy groups -OCH3 is 1. The summed E-state index contributed by atoms with van der Waals surface area (Å²) in [5, 5.41) is 3.21. The Morgan fingerprint density at radius 3 is 2.52 bits per heavy atom. The third kappa shape index (κ3) is 5.81. The number of aromatic nitrogens is 1. The number of sulfonamides is 1. The fourth-order valence-electron chi connectivity index (χ4n) is 2.84. The standard InChI is InChI=1S/C22H22ClN3O4S/c1-16-5-8-18(12-21(16)23)25-22(27)15-26(14-17-6-9-19(30-2)10-7-17)31(28,29)20-4-3-11-24-13-20/h3-13H,14-15H2,1-2H3,(H,25,27). The molecule has 0 spiro atoms. The average Bonchev–Trinajstić information content (AvgIpc) is 2.77. The third-order valence-corrected chi connectivity index (χ3v) is 6.75. The van der Waals surface area contributed by atoms with Gasteiger partial charge in [0.2, 0.25) is 15.9 Å². The average molecular weight is 460 g/mol. The lowest BCUT2D eigenvalue weighted by atomic mass is 10.2. The number of ether oxygens (including phenoxy) is 1. The van der Waals surface area contributed by atoms with E-state index in [9.17, 15) is 13.2 Å². The van der Waals surface area contributed by atoms with Crippen molar-refractivity contribution >= 4 is 33.2 Å². The van der Waals surface area contributed by atoms with E-state index in [1.165, 1.54) is 24.5 Å². The highest BCUT2D eigenvalue weighted by molar-refractivity contribution is 7.89. The maximum absolute atomic E-state index is 13.2. The molecule has 1 heterocycles. The van der Waals surface area contributed by atoms with Crippen LogP contribution in [0.15, 0.2) is 71.9 Å². The van der Waals surface area contributed by atoms with Crippen molar-refractivity contribution in [1.82, 2.24) is 9.29 Å². The predicted molar refractivity (Wildman–Crippen MR) is 120 cm³/mol. The lowest BCUT2D eigenvalue weighted by Gasteiger charge is -2.22. The molecule has 3 aromatic rings. The molecular weight excluding hydrogens is 438 g/mol. The molecule has 1 aromatic heterocycles. The summed E-state index contributed by atoms with van der Waals surface area (Å²) in [4.78, 5) is 16.6. The molecule has 0 saturated heterocycles. The van der Waals surface area contributed by atoms with E-state index in [1.54, 1.807) is 49.6 Å². The normalized spacial score (nSPS) is 11.4. The van der Waals surface area contributed by atoms with Crippen LogP contribution in [0.2, 0.25) is 5.02 Å². The van der Waals surface area contributed by atoms with Crippen molar-refractivity contribution in [3.05, 3.63) is 83.1 Å². The van der Waals surface area contributed by atoms with Crippen molar-refractivity contribution in [2.24, 2.45) is 0 Å². The number of hydrogen-bond donors (Lipinski definition) is 1. The Hall–Kier alpha value is -2.94. The van der Waals surface area contributed by atoms with Crippen LogP contribution in [0.1, 0.15) is 11.1 Å².